The summed E-state index contributed by atoms with van der Waals surface area (Å²) in [6, 6.07) is 21.2. The number of benzene rings is 2. The molecule has 7 rings (SSSR count). The maximum absolute atomic E-state index is 9.82. The molecule has 0 saturated carbocycles. The molecule has 2 aromatic heterocycles. The van der Waals surface area contributed by atoms with E-state index in [2.05, 4.69) is 191 Å². The fourth-order valence-corrected chi connectivity index (χ4v) is 9.41. The molecule has 5 heterocycles. The summed E-state index contributed by atoms with van der Waals surface area (Å²) < 4.78 is 24.6. The topological polar surface area (TPSA) is 110 Å². The molecule has 1 saturated heterocycles. The zero-order valence-electron chi connectivity index (χ0n) is 47.6. The lowest BCUT2D eigenvalue weighted by Crippen LogP contribution is -2.41. The molecule has 3 aliphatic rings. The highest BCUT2D eigenvalue weighted by molar-refractivity contribution is 9.10. The van der Waals surface area contributed by atoms with Crippen LogP contribution in [0.5, 0.6) is 11.5 Å². The number of nitrogens with zero attached hydrogens (tertiary/aromatic N) is 4. The van der Waals surface area contributed by atoms with Crippen molar-refractivity contribution in [2.75, 3.05) is 40.4 Å². The maximum atomic E-state index is 9.82. The summed E-state index contributed by atoms with van der Waals surface area (Å²) in [6.45, 7) is 41.8. The predicted octanol–water partition coefficient (Wildman–Crippen LogP) is 13.0. The molecule has 0 spiro atoms. The van der Waals surface area contributed by atoms with E-state index in [0.29, 0.717) is 0 Å². The van der Waals surface area contributed by atoms with E-state index in [1.807, 2.05) is 29.8 Å². The molecule has 72 heavy (non-hydrogen) atoms. The number of aromatic nitrogens is 2. The average molecular weight is 1050 g/mol. The van der Waals surface area contributed by atoms with Crippen LogP contribution in [0.1, 0.15) is 152 Å². The van der Waals surface area contributed by atoms with Crippen molar-refractivity contribution in [1.29, 1.82) is 0 Å². The molecule has 2 aromatic carbocycles. The van der Waals surface area contributed by atoms with Gasteiger partial charge < -0.3 is 38.5 Å². The Morgan fingerprint density at radius 3 is 1.29 bits per heavy atom. The van der Waals surface area contributed by atoms with E-state index < -0.39 is 7.05 Å². The molecule has 0 amide bonds. The van der Waals surface area contributed by atoms with Crippen LogP contribution in [-0.2, 0) is 31.0 Å². The Morgan fingerprint density at radius 2 is 0.958 bits per heavy atom. The van der Waals surface area contributed by atoms with Crippen LogP contribution < -0.4 is 9.47 Å². The first-order valence-corrected chi connectivity index (χ1v) is 26.6. The molecule has 0 bridgehead atoms. The lowest BCUT2D eigenvalue weighted by molar-refractivity contribution is 0.00578. The minimum absolute atomic E-state index is 0.00658. The molecule has 0 aliphatic carbocycles. The van der Waals surface area contributed by atoms with Crippen LogP contribution in [0, 0.1) is 0 Å². The largest absolute Gasteiger partial charge is 0.496 e. The quantitative estimate of drug-likeness (QED) is 0.131. The second-order valence-corrected chi connectivity index (χ2v) is 25.6. The SMILES string of the molecule is CB(O)N1CC=C(B2OC(C)(C)C(C)(C)O2)CC1.COc1c(C(C)(C)C)cc(-c2cccc(Br)n2)cc1C(C)(C)C.COc1c(C(C)(C)C)cc(-c2cccc(C3=CCN(B(C)O)CC3)n2)cc1C(C)(C)C. The molecule has 2 N–H and O–H groups in total. The minimum Gasteiger partial charge on any atom is -0.496 e. The molecule has 0 unspecified atom stereocenters. The van der Waals surface area contributed by atoms with E-state index in [0.717, 1.165) is 83.3 Å². The summed E-state index contributed by atoms with van der Waals surface area (Å²) in [5, 5.41) is 19.4. The summed E-state index contributed by atoms with van der Waals surface area (Å²) >= 11 is 3.47. The Morgan fingerprint density at radius 1 is 0.583 bits per heavy atom. The normalized spacial score (nSPS) is 17.5. The standard InChI is InChI=1S/C26H37BN2O2.C20H26BrNO.C12H23B2NO3/c1-25(2,3)20-16-19(17-21(24(20)31-8)26(4,5)6)23-11-9-10-22(28-23)18-12-14-29(15-13-18)27(7)30;1-19(2,3)14-11-13(16-9-8-10-17(21)22-16)12-15(18(14)23-7)20(4,5)6;1-11(2)12(3,4)18-14(17-11)10-6-8-15(9-7-10)13(5)16/h9-12,16-17,30H,13-15H2,1-8H3;8-12H,1-7H3;6,16H,7-9H2,1-5H3. The number of halogens is 1. The van der Waals surface area contributed by atoms with Gasteiger partial charge in [0.25, 0.3) is 0 Å². The van der Waals surface area contributed by atoms with Gasteiger partial charge in [0.15, 0.2) is 0 Å². The number of hydrogen-bond acceptors (Lipinski definition) is 10. The summed E-state index contributed by atoms with van der Waals surface area (Å²) in [4.78, 5) is 13.7. The predicted molar refractivity (Wildman–Crippen MR) is 307 cm³/mol. The van der Waals surface area contributed by atoms with E-state index in [4.69, 9.17) is 23.8 Å². The summed E-state index contributed by atoms with van der Waals surface area (Å²) in [5.41, 5.74) is 11.8. The first-order chi connectivity index (χ1) is 33.2. The van der Waals surface area contributed by atoms with Gasteiger partial charge in [-0.15, -0.1) is 0 Å². The monoisotopic (exact) mass is 1050 g/mol. The third-order valence-electron chi connectivity index (χ3n) is 14.3. The fraction of sp³-hybridized carbons (Fsp3) is 0.552. The van der Waals surface area contributed by atoms with E-state index in [1.165, 1.54) is 33.3 Å². The molecular weight excluding hydrogens is 961 g/mol. The van der Waals surface area contributed by atoms with Gasteiger partial charge in [-0.25, -0.2) is 9.97 Å². The fourth-order valence-electron chi connectivity index (χ4n) is 9.07. The molecule has 4 aromatic rings. The Balaban J connectivity index is 0.000000209. The molecule has 1 fully saturated rings. The summed E-state index contributed by atoms with van der Waals surface area (Å²) in [7, 11) is 2.50. The van der Waals surface area contributed by atoms with Crippen molar-refractivity contribution < 1.29 is 28.8 Å². The van der Waals surface area contributed by atoms with E-state index in [9.17, 15) is 10.0 Å². The summed E-state index contributed by atoms with van der Waals surface area (Å²) in [6.07, 6.45) is 6.10. The Kier molecular flexibility index (Phi) is 18.9. The van der Waals surface area contributed by atoms with Crippen LogP contribution in [0.25, 0.3) is 28.1 Å². The zero-order valence-corrected chi connectivity index (χ0v) is 49.2. The molecular formula is C58H86B3BrN4O6. The highest BCUT2D eigenvalue weighted by Crippen LogP contribution is 2.45. The van der Waals surface area contributed by atoms with Gasteiger partial charge >= 0.3 is 21.2 Å². The zero-order chi connectivity index (χ0) is 53.9. The van der Waals surface area contributed by atoms with Crippen molar-refractivity contribution in [2.45, 2.75) is 170 Å². The first-order valence-electron chi connectivity index (χ1n) is 25.8. The molecule has 0 atom stereocenters. The van der Waals surface area contributed by atoms with E-state index >= 15 is 0 Å². The first kappa shape index (κ1) is 59.1. The lowest BCUT2D eigenvalue weighted by Gasteiger charge is -2.32. The number of pyridine rings is 2. The number of methoxy groups -OCH3 is 2. The second-order valence-electron chi connectivity index (χ2n) is 24.8. The smallest absolute Gasteiger partial charge is 0.490 e. The Bertz CT molecular complexity index is 2480. The Hall–Kier alpha value is -3.75. The van der Waals surface area contributed by atoms with Gasteiger partial charge in [0, 0.05) is 46.5 Å². The van der Waals surface area contributed by atoms with Gasteiger partial charge in [0.05, 0.1) is 42.5 Å². The summed E-state index contributed by atoms with van der Waals surface area (Å²) in [5.74, 6) is 1.97. The minimum atomic E-state index is -0.414. The van der Waals surface area contributed by atoms with Crippen LogP contribution in [0.3, 0.4) is 0 Å². The van der Waals surface area contributed by atoms with Crippen molar-refractivity contribution in [3.05, 3.63) is 111 Å². The third kappa shape index (κ3) is 14.5. The Labute approximate surface area is 444 Å². The number of rotatable bonds is 8. The maximum Gasteiger partial charge on any atom is 0.490 e. The highest BCUT2D eigenvalue weighted by atomic mass is 79.9. The van der Waals surface area contributed by atoms with Crippen LogP contribution in [-0.4, -0.2) is 102 Å². The van der Waals surface area contributed by atoms with Crippen molar-refractivity contribution in [3.63, 3.8) is 0 Å². The van der Waals surface area contributed by atoms with Gasteiger partial charge in [0.1, 0.15) is 16.1 Å². The third-order valence-corrected chi connectivity index (χ3v) is 14.8. The second kappa shape index (κ2) is 23.0. The lowest BCUT2D eigenvalue weighted by atomic mass is 9.72. The van der Waals surface area contributed by atoms with Gasteiger partial charge in [-0.2, -0.15) is 0 Å². The molecule has 3 aliphatic heterocycles. The molecule has 0 radical (unpaired) electrons. The van der Waals surface area contributed by atoms with Gasteiger partial charge in [-0.3, -0.25) is 0 Å². The van der Waals surface area contributed by atoms with Gasteiger partial charge in [0.2, 0.25) is 0 Å². The van der Waals surface area contributed by atoms with Crippen molar-refractivity contribution in [3.8, 4) is 34.0 Å². The van der Waals surface area contributed by atoms with Crippen LogP contribution in [0.4, 0.5) is 0 Å². The molecule has 390 valence electrons. The van der Waals surface area contributed by atoms with Crippen molar-refractivity contribution >= 4 is 42.7 Å². The van der Waals surface area contributed by atoms with Crippen LogP contribution >= 0.6 is 15.9 Å². The van der Waals surface area contributed by atoms with Gasteiger partial charge in [-0.1, -0.05) is 107 Å². The van der Waals surface area contributed by atoms with Gasteiger partial charge in [-0.05, 0) is 164 Å². The van der Waals surface area contributed by atoms with E-state index in [-0.39, 0.29) is 47.0 Å². The van der Waals surface area contributed by atoms with Crippen molar-refractivity contribution in [1.82, 2.24) is 19.6 Å². The van der Waals surface area contributed by atoms with Crippen LogP contribution in [0.2, 0.25) is 13.6 Å². The average Bonchev–Trinajstić information content (AvgIpc) is 3.52. The highest BCUT2D eigenvalue weighted by Gasteiger charge is 2.52. The van der Waals surface area contributed by atoms with Crippen molar-refractivity contribution in [2.24, 2.45) is 0 Å². The number of hydrogen-bond donors (Lipinski definition) is 2. The van der Waals surface area contributed by atoms with Crippen LogP contribution in [0.15, 0.2) is 82.9 Å². The van der Waals surface area contributed by atoms with E-state index in [1.54, 1.807) is 21.0 Å². The molecule has 14 heteroatoms. The number of ether oxygens (including phenoxy) is 2. The molecule has 10 nitrogen and oxygen atoms in total.